The molecule has 0 amide bonds. The minimum atomic E-state index is -0.476. The molecule has 0 aliphatic carbocycles. The third-order valence-corrected chi connectivity index (χ3v) is 0.771. The molecule has 0 atom stereocenters. The van der Waals surface area contributed by atoms with Crippen molar-refractivity contribution in [3.8, 4) is 0 Å². The van der Waals surface area contributed by atoms with Crippen LogP contribution in [0.2, 0.25) is 0 Å². The molecule has 0 saturated carbocycles. The summed E-state index contributed by atoms with van der Waals surface area (Å²) in [5, 5.41) is 0. The molecule has 9 heavy (non-hydrogen) atoms. The van der Waals surface area contributed by atoms with Gasteiger partial charge >= 0.3 is 5.97 Å². The maximum atomic E-state index is 10.7. The van der Waals surface area contributed by atoms with E-state index in [1.165, 1.54) is 7.11 Å². The maximum Gasteiger partial charge on any atom is 0.347 e. The molecule has 3 nitrogen and oxygen atoms in total. The quantitative estimate of drug-likeness (QED) is 0.396. The lowest BCUT2D eigenvalue weighted by Crippen LogP contribution is -2.22. The van der Waals surface area contributed by atoms with E-state index in [9.17, 15) is 4.79 Å². The highest BCUT2D eigenvalue weighted by molar-refractivity contribution is 5.74. The molecule has 0 heterocycles. The highest BCUT2D eigenvalue weighted by Gasteiger charge is 2.23. The van der Waals surface area contributed by atoms with Crippen LogP contribution in [0.4, 0.5) is 0 Å². The highest BCUT2D eigenvalue weighted by atomic mass is 17.2. The van der Waals surface area contributed by atoms with Crippen LogP contribution in [0.15, 0.2) is 0 Å². The average molecular weight is 132 g/mol. The molecule has 3 heteroatoms. The van der Waals surface area contributed by atoms with Crippen molar-refractivity contribution in [3.05, 3.63) is 0 Å². The summed E-state index contributed by atoms with van der Waals surface area (Å²) in [6.07, 6.45) is 0. The lowest BCUT2D eigenvalue weighted by Gasteiger charge is -2.13. The van der Waals surface area contributed by atoms with Gasteiger partial charge in [0.2, 0.25) is 0 Å². The Hall–Kier alpha value is -0.570. The fourth-order valence-electron chi connectivity index (χ4n) is 0.201. The fraction of sp³-hybridized carbons (Fsp3) is 0.833. The van der Waals surface area contributed by atoms with Gasteiger partial charge in [0.25, 0.3) is 0 Å². The van der Waals surface area contributed by atoms with Gasteiger partial charge in [-0.05, 0) is 20.8 Å². The van der Waals surface area contributed by atoms with Gasteiger partial charge in [0, 0.05) is 0 Å². The number of carbonyl (C=O) groups is 1. The molecule has 0 spiro atoms. The Kier molecular flexibility index (Phi) is 2.65. The van der Waals surface area contributed by atoms with Gasteiger partial charge in [-0.3, -0.25) is 4.89 Å². The first kappa shape index (κ1) is 8.43. The van der Waals surface area contributed by atoms with Crippen LogP contribution in [-0.4, -0.2) is 13.1 Å². The molecule has 0 aromatic carbocycles. The summed E-state index contributed by atoms with van der Waals surface area (Å²) >= 11 is 0. The molecular weight excluding hydrogens is 120 g/mol. The van der Waals surface area contributed by atoms with Gasteiger partial charge in [-0.1, -0.05) is 0 Å². The Labute approximate surface area is 54.9 Å². The van der Waals surface area contributed by atoms with Gasteiger partial charge in [0.05, 0.1) is 12.5 Å². The molecule has 0 saturated heterocycles. The zero-order valence-electron chi connectivity index (χ0n) is 6.22. The number of carbonyl (C=O) groups excluding carboxylic acids is 1. The van der Waals surface area contributed by atoms with Crippen LogP contribution in [0, 0.1) is 5.41 Å². The summed E-state index contributed by atoms with van der Waals surface area (Å²) in [5.41, 5.74) is -0.476. The summed E-state index contributed by atoms with van der Waals surface area (Å²) in [7, 11) is 1.31. The number of hydrogen-bond acceptors (Lipinski definition) is 3. The minimum absolute atomic E-state index is 0.356. The zero-order valence-corrected chi connectivity index (χ0v) is 6.22. The first-order chi connectivity index (χ1) is 3.98. The third kappa shape index (κ3) is 3.08. The molecule has 0 N–H and O–H groups in total. The van der Waals surface area contributed by atoms with Crippen molar-refractivity contribution in [1.29, 1.82) is 0 Å². The van der Waals surface area contributed by atoms with Crippen molar-refractivity contribution in [2.45, 2.75) is 20.8 Å². The Morgan fingerprint density at radius 1 is 1.33 bits per heavy atom. The van der Waals surface area contributed by atoms with E-state index in [1.54, 1.807) is 20.8 Å². The van der Waals surface area contributed by atoms with Crippen molar-refractivity contribution in [3.63, 3.8) is 0 Å². The molecule has 0 unspecified atom stereocenters. The van der Waals surface area contributed by atoms with Crippen molar-refractivity contribution in [2.24, 2.45) is 5.41 Å². The second-order valence-corrected chi connectivity index (χ2v) is 2.79. The van der Waals surface area contributed by atoms with E-state index in [1.807, 2.05) is 0 Å². The maximum absolute atomic E-state index is 10.7. The topological polar surface area (TPSA) is 35.5 Å². The summed E-state index contributed by atoms with van der Waals surface area (Å²) < 4.78 is 0. The Bertz CT molecular complexity index is 101. The molecule has 0 aliphatic heterocycles. The molecule has 0 rings (SSSR count). The molecule has 54 valence electrons. The summed E-state index contributed by atoms with van der Waals surface area (Å²) in [4.78, 5) is 19.2. The predicted molar refractivity (Wildman–Crippen MR) is 32.6 cm³/mol. The largest absolute Gasteiger partial charge is 0.347 e. The third-order valence-electron chi connectivity index (χ3n) is 0.771. The van der Waals surface area contributed by atoms with Crippen molar-refractivity contribution >= 4 is 5.97 Å². The fourth-order valence-corrected chi connectivity index (χ4v) is 0.201. The van der Waals surface area contributed by atoms with Crippen molar-refractivity contribution < 1.29 is 14.6 Å². The van der Waals surface area contributed by atoms with E-state index < -0.39 is 5.41 Å². The van der Waals surface area contributed by atoms with Gasteiger partial charge in [0.15, 0.2) is 0 Å². The van der Waals surface area contributed by atoms with E-state index in [0.29, 0.717) is 0 Å². The first-order valence-corrected chi connectivity index (χ1v) is 2.73. The van der Waals surface area contributed by atoms with Crippen LogP contribution in [0.1, 0.15) is 20.8 Å². The second kappa shape index (κ2) is 2.82. The van der Waals surface area contributed by atoms with E-state index in [4.69, 9.17) is 0 Å². The monoisotopic (exact) mass is 132 g/mol. The lowest BCUT2D eigenvalue weighted by molar-refractivity contribution is -0.262. The SMILES string of the molecule is COOC(=O)C(C)(C)C. The van der Waals surface area contributed by atoms with Crippen LogP contribution < -0.4 is 0 Å². The average Bonchev–Trinajstić information content (AvgIpc) is 1.64. The van der Waals surface area contributed by atoms with Crippen molar-refractivity contribution in [2.75, 3.05) is 7.11 Å². The van der Waals surface area contributed by atoms with Gasteiger partial charge < -0.3 is 0 Å². The number of hydrogen-bond donors (Lipinski definition) is 0. The van der Waals surface area contributed by atoms with Crippen molar-refractivity contribution in [1.82, 2.24) is 0 Å². The Morgan fingerprint density at radius 2 is 1.78 bits per heavy atom. The van der Waals surface area contributed by atoms with Crippen LogP contribution >= 0.6 is 0 Å². The summed E-state index contributed by atoms with van der Waals surface area (Å²) in [6, 6.07) is 0. The van der Waals surface area contributed by atoms with Crippen LogP contribution in [0.25, 0.3) is 0 Å². The Morgan fingerprint density at radius 3 is 1.89 bits per heavy atom. The van der Waals surface area contributed by atoms with Gasteiger partial charge in [-0.25, -0.2) is 4.79 Å². The molecular formula is C6H12O3. The molecule has 0 bridgehead atoms. The lowest BCUT2D eigenvalue weighted by atomic mass is 9.98. The highest BCUT2D eigenvalue weighted by Crippen LogP contribution is 2.14. The molecule has 0 fully saturated rings. The van der Waals surface area contributed by atoms with Crippen LogP contribution in [-0.2, 0) is 14.6 Å². The standard InChI is InChI=1S/C6H12O3/c1-6(2,3)5(7)9-8-4/h1-4H3. The first-order valence-electron chi connectivity index (χ1n) is 2.73. The van der Waals surface area contributed by atoms with E-state index in [2.05, 4.69) is 9.78 Å². The molecule has 0 aliphatic rings. The van der Waals surface area contributed by atoms with Gasteiger partial charge in [-0.15, -0.1) is 0 Å². The smallest absolute Gasteiger partial charge is 0.298 e. The van der Waals surface area contributed by atoms with Gasteiger partial charge in [0.1, 0.15) is 0 Å². The summed E-state index contributed by atoms with van der Waals surface area (Å²) in [5.74, 6) is -0.356. The van der Waals surface area contributed by atoms with Gasteiger partial charge in [-0.2, -0.15) is 4.89 Å². The number of rotatable bonds is 1. The van der Waals surface area contributed by atoms with Crippen LogP contribution in [0.3, 0.4) is 0 Å². The normalized spacial score (nSPS) is 11.1. The van der Waals surface area contributed by atoms with E-state index in [0.717, 1.165) is 0 Å². The summed E-state index contributed by atoms with van der Waals surface area (Å²) in [6.45, 7) is 5.27. The Balaban J connectivity index is 3.74. The molecule has 0 aromatic heterocycles. The minimum Gasteiger partial charge on any atom is -0.298 e. The predicted octanol–water partition coefficient (Wildman–Crippen LogP) is 1.14. The molecule has 0 radical (unpaired) electrons. The van der Waals surface area contributed by atoms with E-state index >= 15 is 0 Å². The molecule has 0 aromatic rings. The second-order valence-electron chi connectivity index (χ2n) is 2.79. The zero-order chi connectivity index (χ0) is 7.49. The van der Waals surface area contributed by atoms with E-state index in [-0.39, 0.29) is 5.97 Å². The van der Waals surface area contributed by atoms with Crippen LogP contribution in [0.5, 0.6) is 0 Å².